The molecule has 1 aliphatic heterocycles. The number of pyridine rings is 1. The van der Waals surface area contributed by atoms with E-state index in [1.807, 2.05) is 35.1 Å². The smallest absolute Gasteiger partial charge is 0.238 e. The number of nitrogens with zero attached hydrogens (tertiary/aromatic N) is 5. The maximum absolute atomic E-state index is 12.5. The molecule has 2 aromatic carbocycles. The number of amides is 1. The van der Waals surface area contributed by atoms with Crippen LogP contribution in [0.5, 0.6) is 0 Å². The van der Waals surface area contributed by atoms with Crippen LogP contribution >= 0.6 is 0 Å². The number of likely N-dealkylation sites (N-methyl/N-ethyl adjacent to an activating group) is 1. The molecule has 1 saturated heterocycles. The summed E-state index contributed by atoms with van der Waals surface area (Å²) in [6, 6.07) is 20.8. The predicted octanol–water partition coefficient (Wildman–Crippen LogP) is 5.63. The molecule has 3 aromatic heterocycles. The van der Waals surface area contributed by atoms with Gasteiger partial charge in [-0.25, -0.2) is 4.98 Å². The van der Waals surface area contributed by atoms with E-state index in [2.05, 4.69) is 81.5 Å². The van der Waals surface area contributed by atoms with Crippen LogP contribution in [0.4, 0.5) is 5.69 Å². The van der Waals surface area contributed by atoms with Gasteiger partial charge in [-0.1, -0.05) is 43.3 Å². The Morgan fingerprint density at radius 3 is 2.45 bits per heavy atom. The summed E-state index contributed by atoms with van der Waals surface area (Å²) in [5.74, 6) is 0.0253. The van der Waals surface area contributed by atoms with Crippen LogP contribution in [0.3, 0.4) is 0 Å². The van der Waals surface area contributed by atoms with E-state index in [1.54, 1.807) is 0 Å². The number of nitrogens with one attached hydrogen (secondary N) is 2. The molecule has 0 aliphatic carbocycles. The van der Waals surface area contributed by atoms with Gasteiger partial charge in [0.05, 0.1) is 13.2 Å². The molecule has 0 saturated carbocycles. The van der Waals surface area contributed by atoms with E-state index in [4.69, 9.17) is 5.10 Å². The van der Waals surface area contributed by atoms with Gasteiger partial charge in [-0.2, -0.15) is 5.10 Å². The number of benzene rings is 2. The first-order chi connectivity index (χ1) is 21.5. The molecule has 0 unspecified atom stereocenters. The van der Waals surface area contributed by atoms with Gasteiger partial charge in [0.25, 0.3) is 0 Å². The molecule has 1 amide bonds. The number of hydrogen-bond acceptors (Lipinski definition) is 6. The maximum Gasteiger partial charge on any atom is 0.238 e. The Hall–Kier alpha value is -4.31. The van der Waals surface area contributed by atoms with Crippen LogP contribution in [0.2, 0.25) is 0 Å². The molecule has 9 heteroatoms. The van der Waals surface area contributed by atoms with Crippen LogP contribution in [0.15, 0.2) is 73.1 Å². The summed E-state index contributed by atoms with van der Waals surface area (Å²) in [7, 11) is 0. The standard InChI is InChI=1S/C35H41N7O2/c1-3-40(19-20-43)22-25-7-9-26(10-8-25)32-21-30-29(15-16-36-35(30)38-32)31-23-42(4-2)39-34(31)27-11-13-28(14-12-27)37-33(44)24-41-17-5-6-18-41/h7-16,21,23,43H,3-6,17-20,22,24H2,1-2H3,(H,36,38)(H,37,44). The van der Waals surface area contributed by atoms with Crippen molar-refractivity contribution in [3.05, 3.63) is 78.6 Å². The zero-order chi connectivity index (χ0) is 30.5. The SMILES string of the molecule is CCN(CCO)Cc1ccc(-c2cc3c(-c4cn(CC)nc4-c4ccc(NC(=O)CN5CCCC5)cc4)ccnc3[nH]2)cc1. The number of aryl methyl sites for hydroxylation is 1. The zero-order valence-electron chi connectivity index (χ0n) is 25.6. The van der Waals surface area contributed by atoms with Crippen molar-refractivity contribution in [1.29, 1.82) is 0 Å². The molecule has 5 aromatic rings. The monoisotopic (exact) mass is 591 g/mol. The van der Waals surface area contributed by atoms with Gasteiger partial charge in [0.1, 0.15) is 11.3 Å². The molecule has 1 aliphatic rings. The van der Waals surface area contributed by atoms with Crippen LogP contribution in [-0.2, 0) is 17.9 Å². The lowest BCUT2D eigenvalue weighted by Gasteiger charge is -2.19. The van der Waals surface area contributed by atoms with Crippen molar-refractivity contribution in [2.24, 2.45) is 0 Å². The molecule has 3 N–H and O–H groups in total. The second-order valence-corrected chi connectivity index (χ2v) is 11.4. The number of aromatic amines is 1. The fraction of sp³-hybridized carbons (Fsp3) is 0.343. The first kappa shape index (κ1) is 29.7. The molecule has 0 bridgehead atoms. The number of likely N-dealkylation sites (tertiary alicyclic amines) is 1. The molecule has 6 rings (SSSR count). The van der Waals surface area contributed by atoms with Gasteiger partial charge in [-0.15, -0.1) is 0 Å². The Morgan fingerprint density at radius 2 is 1.75 bits per heavy atom. The molecular formula is C35H41N7O2. The van der Waals surface area contributed by atoms with E-state index in [-0.39, 0.29) is 12.5 Å². The molecule has 228 valence electrons. The highest BCUT2D eigenvalue weighted by Gasteiger charge is 2.18. The van der Waals surface area contributed by atoms with E-state index in [0.29, 0.717) is 13.1 Å². The minimum absolute atomic E-state index is 0.0253. The van der Waals surface area contributed by atoms with Gasteiger partial charge < -0.3 is 15.4 Å². The number of carbonyl (C=O) groups excluding carboxylic acids is 1. The molecule has 0 radical (unpaired) electrons. The van der Waals surface area contributed by atoms with Crippen molar-refractivity contribution in [1.82, 2.24) is 29.5 Å². The first-order valence-corrected chi connectivity index (χ1v) is 15.6. The minimum Gasteiger partial charge on any atom is -0.395 e. The lowest BCUT2D eigenvalue weighted by atomic mass is 10.00. The molecule has 9 nitrogen and oxygen atoms in total. The van der Waals surface area contributed by atoms with Gasteiger partial charge in [-0.05, 0) is 80.4 Å². The van der Waals surface area contributed by atoms with Crippen molar-refractivity contribution >= 4 is 22.6 Å². The van der Waals surface area contributed by atoms with Crippen molar-refractivity contribution in [2.75, 3.05) is 44.6 Å². The van der Waals surface area contributed by atoms with Crippen LogP contribution in [-0.4, -0.2) is 79.9 Å². The average molecular weight is 592 g/mol. The Morgan fingerprint density at radius 1 is 1.00 bits per heavy atom. The van der Waals surface area contributed by atoms with Crippen molar-refractivity contribution in [2.45, 2.75) is 39.8 Å². The number of aromatic nitrogens is 4. The lowest BCUT2D eigenvalue weighted by Crippen LogP contribution is -2.30. The van der Waals surface area contributed by atoms with Gasteiger partial charge >= 0.3 is 0 Å². The summed E-state index contributed by atoms with van der Waals surface area (Å²) in [5, 5.41) is 18.3. The van der Waals surface area contributed by atoms with Crippen molar-refractivity contribution < 1.29 is 9.90 Å². The highest BCUT2D eigenvalue weighted by atomic mass is 16.3. The number of hydrogen-bond donors (Lipinski definition) is 3. The number of carbonyl (C=O) groups is 1. The third-order valence-electron chi connectivity index (χ3n) is 8.45. The van der Waals surface area contributed by atoms with Crippen LogP contribution < -0.4 is 5.32 Å². The fourth-order valence-electron chi connectivity index (χ4n) is 6.01. The minimum atomic E-state index is 0.0253. The quantitative estimate of drug-likeness (QED) is 0.174. The number of fused-ring (bicyclic) bond motifs is 1. The molecular weight excluding hydrogens is 550 g/mol. The highest BCUT2D eigenvalue weighted by Crippen LogP contribution is 2.37. The summed E-state index contributed by atoms with van der Waals surface area (Å²) in [6.45, 7) is 9.93. The first-order valence-electron chi connectivity index (χ1n) is 15.6. The van der Waals surface area contributed by atoms with Crippen molar-refractivity contribution in [3.63, 3.8) is 0 Å². The number of rotatable bonds is 12. The number of H-pyrrole nitrogens is 1. The molecule has 0 atom stereocenters. The molecule has 0 spiro atoms. The third-order valence-corrected chi connectivity index (χ3v) is 8.45. The van der Waals surface area contributed by atoms with Crippen LogP contribution in [0, 0.1) is 0 Å². The van der Waals surface area contributed by atoms with E-state index < -0.39 is 0 Å². The van der Waals surface area contributed by atoms with E-state index >= 15 is 0 Å². The number of anilines is 1. The summed E-state index contributed by atoms with van der Waals surface area (Å²) in [6.07, 6.45) is 6.28. The van der Waals surface area contributed by atoms with E-state index in [0.717, 1.165) is 83.1 Å². The van der Waals surface area contributed by atoms with Crippen LogP contribution in [0.1, 0.15) is 32.3 Å². The summed E-state index contributed by atoms with van der Waals surface area (Å²) in [5.41, 5.74) is 8.91. The third kappa shape index (κ3) is 6.60. The topological polar surface area (TPSA) is 102 Å². The largest absolute Gasteiger partial charge is 0.395 e. The Labute approximate surface area is 258 Å². The van der Waals surface area contributed by atoms with E-state index in [1.165, 1.54) is 18.4 Å². The summed E-state index contributed by atoms with van der Waals surface area (Å²) < 4.78 is 1.96. The zero-order valence-corrected chi connectivity index (χ0v) is 25.6. The number of aliphatic hydroxyl groups is 1. The molecule has 44 heavy (non-hydrogen) atoms. The van der Waals surface area contributed by atoms with Crippen molar-refractivity contribution in [3.8, 4) is 33.6 Å². The normalized spacial score (nSPS) is 13.7. The second-order valence-electron chi connectivity index (χ2n) is 11.4. The summed E-state index contributed by atoms with van der Waals surface area (Å²) in [4.78, 5) is 25.1. The van der Waals surface area contributed by atoms with E-state index in [9.17, 15) is 9.90 Å². The molecule has 1 fully saturated rings. The average Bonchev–Trinajstić information content (AvgIpc) is 3.81. The second kappa shape index (κ2) is 13.5. The number of aliphatic hydroxyl groups excluding tert-OH is 1. The Kier molecular flexibility index (Phi) is 9.16. The van der Waals surface area contributed by atoms with Gasteiger partial charge in [0.15, 0.2) is 0 Å². The van der Waals surface area contributed by atoms with Gasteiger partial charge in [0, 0.05) is 59.9 Å². The lowest BCUT2D eigenvalue weighted by molar-refractivity contribution is -0.117. The molecule has 4 heterocycles. The highest BCUT2D eigenvalue weighted by molar-refractivity contribution is 5.99. The summed E-state index contributed by atoms with van der Waals surface area (Å²) >= 11 is 0. The maximum atomic E-state index is 12.5. The Bertz CT molecular complexity index is 1700. The van der Waals surface area contributed by atoms with Crippen LogP contribution in [0.25, 0.3) is 44.7 Å². The predicted molar refractivity (Wildman–Crippen MR) is 176 cm³/mol. The van der Waals surface area contributed by atoms with Gasteiger partial charge in [0.2, 0.25) is 5.91 Å². The van der Waals surface area contributed by atoms with Gasteiger partial charge in [-0.3, -0.25) is 19.3 Å². The Balaban J connectivity index is 1.26. The fourth-order valence-corrected chi connectivity index (χ4v) is 6.01.